The van der Waals surface area contributed by atoms with E-state index in [1.807, 2.05) is 0 Å². The summed E-state index contributed by atoms with van der Waals surface area (Å²) in [5.74, 6) is 0. The molecule has 1 aliphatic carbocycles. The maximum atomic E-state index is 12.4. The highest BCUT2D eigenvalue weighted by Gasteiger charge is 2.29. The number of hydrogen-bond donors (Lipinski definition) is 3. The summed E-state index contributed by atoms with van der Waals surface area (Å²) >= 11 is 3.27. The first-order valence-corrected chi connectivity index (χ1v) is 8.85. The molecule has 0 aromatic heterocycles. The second kappa shape index (κ2) is 6.01. The molecule has 0 spiro atoms. The molecule has 1 aliphatic rings. The smallest absolute Gasteiger partial charge is 0.241 e. The van der Waals surface area contributed by atoms with Gasteiger partial charge < -0.3 is 10.8 Å². The Labute approximate surface area is 127 Å². The topological polar surface area (TPSA) is 92.4 Å². The minimum atomic E-state index is -3.67. The highest BCUT2D eigenvalue weighted by atomic mass is 79.9. The molecule has 0 bridgehead atoms. The number of halogens is 1. The summed E-state index contributed by atoms with van der Waals surface area (Å²) in [5.41, 5.74) is 6.75. The van der Waals surface area contributed by atoms with E-state index in [1.165, 1.54) is 6.07 Å². The van der Waals surface area contributed by atoms with Crippen molar-refractivity contribution in [3.05, 3.63) is 22.2 Å². The number of nitrogens with one attached hydrogen (secondary N) is 1. The number of sulfonamides is 1. The molecule has 1 aromatic carbocycles. The van der Waals surface area contributed by atoms with Gasteiger partial charge in [0.05, 0.1) is 11.0 Å². The van der Waals surface area contributed by atoms with E-state index in [1.54, 1.807) is 13.0 Å². The molecule has 112 valence electrons. The molecular formula is C13H19BrN2O3S. The van der Waals surface area contributed by atoms with Crippen LogP contribution in [0.4, 0.5) is 5.69 Å². The van der Waals surface area contributed by atoms with Crippen LogP contribution in [-0.4, -0.2) is 25.7 Å². The molecule has 0 unspecified atom stereocenters. The van der Waals surface area contributed by atoms with Gasteiger partial charge in [0.1, 0.15) is 0 Å². The Hall–Kier alpha value is -0.630. The van der Waals surface area contributed by atoms with Crippen molar-refractivity contribution in [1.82, 2.24) is 4.72 Å². The largest absolute Gasteiger partial charge is 0.398 e. The van der Waals surface area contributed by atoms with Crippen LogP contribution in [-0.2, 0) is 10.0 Å². The van der Waals surface area contributed by atoms with Gasteiger partial charge in [-0.25, -0.2) is 13.1 Å². The summed E-state index contributed by atoms with van der Waals surface area (Å²) < 4.78 is 28.1. The van der Waals surface area contributed by atoms with E-state index in [-0.39, 0.29) is 4.90 Å². The van der Waals surface area contributed by atoms with Crippen LogP contribution in [0.3, 0.4) is 0 Å². The molecule has 7 heteroatoms. The first kappa shape index (κ1) is 15.8. The van der Waals surface area contributed by atoms with Gasteiger partial charge in [-0.05, 0) is 53.4 Å². The molecule has 1 aromatic rings. The van der Waals surface area contributed by atoms with Crippen molar-refractivity contribution in [2.75, 3.05) is 5.73 Å². The summed E-state index contributed by atoms with van der Waals surface area (Å²) in [4.78, 5) is 0.163. The first-order chi connectivity index (χ1) is 9.31. The number of aliphatic hydroxyl groups is 1. The minimum absolute atomic E-state index is 0.163. The van der Waals surface area contributed by atoms with Gasteiger partial charge in [-0.2, -0.15) is 0 Å². The quantitative estimate of drug-likeness (QED) is 0.716. The van der Waals surface area contributed by atoms with Crippen LogP contribution in [0.15, 0.2) is 21.5 Å². The molecule has 0 amide bonds. The normalized spacial score (nSPS) is 23.8. The van der Waals surface area contributed by atoms with E-state index >= 15 is 0 Å². The molecule has 0 aliphatic heterocycles. The van der Waals surface area contributed by atoms with Crippen molar-refractivity contribution in [2.45, 2.75) is 49.6 Å². The predicted molar refractivity (Wildman–Crippen MR) is 81.9 cm³/mol. The average molecular weight is 363 g/mol. The number of nitrogens with two attached hydrogens (primary N) is 1. The molecule has 2 rings (SSSR count). The van der Waals surface area contributed by atoms with Crippen molar-refractivity contribution in [2.24, 2.45) is 0 Å². The van der Waals surface area contributed by atoms with E-state index in [2.05, 4.69) is 20.7 Å². The second-order valence-corrected chi connectivity index (χ2v) is 7.76. The lowest BCUT2D eigenvalue weighted by Gasteiger charge is -2.28. The molecule has 0 heterocycles. The van der Waals surface area contributed by atoms with Crippen molar-refractivity contribution < 1.29 is 13.5 Å². The van der Waals surface area contributed by atoms with Gasteiger partial charge in [-0.15, -0.1) is 0 Å². The fourth-order valence-electron chi connectivity index (χ4n) is 2.47. The summed E-state index contributed by atoms with van der Waals surface area (Å²) in [6.45, 7) is 1.72. The number of hydrogen-bond acceptors (Lipinski definition) is 4. The fourth-order valence-corrected chi connectivity index (χ4v) is 4.49. The third-order valence-corrected chi connectivity index (χ3v) is 5.94. The molecular weight excluding hydrogens is 344 g/mol. The molecule has 1 fully saturated rings. The van der Waals surface area contributed by atoms with Gasteiger partial charge in [0.25, 0.3) is 0 Å². The van der Waals surface area contributed by atoms with Gasteiger partial charge in [0, 0.05) is 16.2 Å². The van der Waals surface area contributed by atoms with Crippen LogP contribution < -0.4 is 10.5 Å². The Morgan fingerprint density at radius 3 is 2.65 bits per heavy atom. The number of anilines is 1. The summed E-state index contributed by atoms with van der Waals surface area (Å²) in [6, 6.07) is 2.70. The van der Waals surface area contributed by atoms with E-state index in [4.69, 9.17) is 5.73 Å². The van der Waals surface area contributed by atoms with Crippen LogP contribution in [0.25, 0.3) is 0 Å². The lowest BCUT2D eigenvalue weighted by molar-refractivity contribution is 0.101. The Bertz CT molecular complexity index is 604. The number of aliphatic hydroxyl groups excluding tert-OH is 1. The molecule has 2 atom stereocenters. The van der Waals surface area contributed by atoms with Crippen LogP contribution in [0.2, 0.25) is 0 Å². The molecule has 5 nitrogen and oxygen atoms in total. The van der Waals surface area contributed by atoms with Crippen LogP contribution in [0.5, 0.6) is 0 Å². The maximum absolute atomic E-state index is 12.4. The average Bonchev–Trinajstić information content (AvgIpc) is 2.36. The lowest BCUT2D eigenvalue weighted by Crippen LogP contribution is -2.45. The van der Waals surface area contributed by atoms with Gasteiger partial charge >= 0.3 is 0 Å². The molecule has 4 N–H and O–H groups in total. The predicted octanol–water partition coefficient (Wildman–Crippen LogP) is 1.92. The zero-order chi connectivity index (χ0) is 14.9. The number of rotatable bonds is 3. The third kappa shape index (κ3) is 3.33. The van der Waals surface area contributed by atoms with Crippen LogP contribution in [0, 0.1) is 6.92 Å². The Kier molecular flexibility index (Phi) is 4.73. The number of aryl methyl sites for hydroxylation is 1. The third-order valence-electron chi connectivity index (χ3n) is 3.62. The van der Waals surface area contributed by atoms with E-state index in [9.17, 15) is 13.5 Å². The summed E-state index contributed by atoms with van der Waals surface area (Å²) in [7, 11) is -3.67. The van der Waals surface area contributed by atoms with Gasteiger partial charge in [0.2, 0.25) is 10.0 Å². The second-order valence-electron chi connectivity index (χ2n) is 5.22. The van der Waals surface area contributed by atoms with Crippen LogP contribution >= 0.6 is 15.9 Å². The number of benzene rings is 1. The molecule has 20 heavy (non-hydrogen) atoms. The fraction of sp³-hybridized carbons (Fsp3) is 0.538. The van der Waals surface area contributed by atoms with Crippen molar-refractivity contribution in [1.29, 1.82) is 0 Å². The Balaban J connectivity index is 2.28. The van der Waals surface area contributed by atoms with E-state index < -0.39 is 22.2 Å². The van der Waals surface area contributed by atoms with Crippen molar-refractivity contribution in [3.8, 4) is 0 Å². The van der Waals surface area contributed by atoms with Gasteiger partial charge in [0.15, 0.2) is 0 Å². The summed E-state index contributed by atoms with van der Waals surface area (Å²) in [5, 5.41) is 9.89. The van der Waals surface area contributed by atoms with Gasteiger partial charge in [-0.1, -0.05) is 12.8 Å². The molecule has 0 radical (unpaired) electrons. The standard InChI is InChI=1S/C13H19BrN2O3S/c1-8-6-9(14)10(15)7-13(8)20(18,19)16-11-4-2-3-5-12(11)17/h6-7,11-12,16-17H,2-5,15H2,1H3/t11-,12-/m0/s1. The zero-order valence-corrected chi connectivity index (χ0v) is 13.7. The van der Waals surface area contributed by atoms with Crippen LogP contribution in [0.1, 0.15) is 31.2 Å². The minimum Gasteiger partial charge on any atom is -0.398 e. The number of nitrogen functional groups attached to an aromatic ring is 1. The Morgan fingerprint density at radius 2 is 2.00 bits per heavy atom. The lowest BCUT2D eigenvalue weighted by atomic mass is 9.93. The van der Waals surface area contributed by atoms with Crippen molar-refractivity contribution in [3.63, 3.8) is 0 Å². The Morgan fingerprint density at radius 1 is 1.35 bits per heavy atom. The molecule has 0 saturated heterocycles. The van der Waals surface area contributed by atoms with E-state index in [0.29, 0.717) is 28.6 Å². The monoisotopic (exact) mass is 362 g/mol. The zero-order valence-electron chi connectivity index (χ0n) is 11.3. The highest BCUT2D eigenvalue weighted by molar-refractivity contribution is 9.10. The van der Waals surface area contributed by atoms with Crippen molar-refractivity contribution >= 4 is 31.6 Å². The first-order valence-electron chi connectivity index (χ1n) is 6.57. The summed E-state index contributed by atoms with van der Waals surface area (Å²) in [6.07, 6.45) is 2.53. The SMILES string of the molecule is Cc1cc(Br)c(N)cc1S(=O)(=O)N[C@H]1CCCC[C@@H]1O. The van der Waals surface area contributed by atoms with E-state index in [0.717, 1.165) is 12.8 Å². The van der Waals surface area contributed by atoms with Gasteiger partial charge in [-0.3, -0.25) is 0 Å². The maximum Gasteiger partial charge on any atom is 0.241 e. The molecule has 1 saturated carbocycles. The highest BCUT2D eigenvalue weighted by Crippen LogP contribution is 2.27.